The van der Waals surface area contributed by atoms with E-state index in [0.717, 1.165) is 12.1 Å². The number of carboxylic acids is 1. The molecule has 0 aliphatic heterocycles. The fourth-order valence-electron chi connectivity index (χ4n) is 3.99. The van der Waals surface area contributed by atoms with E-state index in [1.165, 1.54) is 6.20 Å². The predicted octanol–water partition coefficient (Wildman–Crippen LogP) is 5.13. The molecule has 0 spiro atoms. The number of pyridine rings is 1. The summed E-state index contributed by atoms with van der Waals surface area (Å²) in [6, 6.07) is 10.4. The largest absolute Gasteiger partial charge is 0.494 e. The van der Waals surface area contributed by atoms with Crippen LogP contribution in [-0.4, -0.2) is 47.6 Å². The minimum absolute atomic E-state index is 0.0146. The van der Waals surface area contributed by atoms with Gasteiger partial charge in [0.15, 0.2) is 5.82 Å². The summed E-state index contributed by atoms with van der Waals surface area (Å²) in [6.07, 6.45) is 3.46. The Hall–Kier alpha value is -4.32. The molecule has 2 heterocycles. The van der Waals surface area contributed by atoms with Crippen LogP contribution in [0.1, 0.15) is 42.1 Å². The van der Waals surface area contributed by atoms with Gasteiger partial charge >= 0.3 is 5.97 Å². The quantitative estimate of drug-likeness (QED) is 0.162. The number of carboxylic acid groups (broad SMARTS) is 1. The molecule has 0 saturated heterocycles. The number of benzene rings is 2. The molecule has 0 saturated carbocycles. The number of hydrogen-bond acceptors (Lipinski definition) is 6. The monoisotopic (exact) mass is 557 g/mol. The number of ketones is 1. The molecule has 2 aromatic carbocycles. The van der Waals surface area contributed by atoms with Crippen molar-refractivity contribution < 1.29 is 36.6 Å². The van der Waals surface area contributed by atoms with Crippen LogP contribution in [0, 0.1) is 11.6 Å². The Bertz CT molecular complexity index is 1650. The molecule has 0 fully saturated rings. The van der Waals surface area contributed by atoms with Gasteiger partial charge in [0.05, 0.1) is 23.6 Å². The number of H-pyrrole nitrogens is 1. The molecule has 2 aromatic heterocycles. The zero-order valence-electron chi connectivity index (χ0n) is 20.8. The molecule has 4 aromatic rings. The van der Waals surface area contributed by atoms with Crippen LogP contribution >= 0.6 is 0 Å². The first-order valence-electron chi connectivity index (χ1n) is 12.0. The van der Waals surface area contributed by atoms with Crippen molar-refractivity contribution in [2.24, 2.45) is 0 Å². The van der Waals surface area contributed by atoms with Gasteiger partial charge in [-0.15, -0.1) is 0 Å². The maximum atomic E-state index is 15.2. The highest BCUT2D eigenvalue weighted by molar-refractivity contribution is 7.92. The number of aromatic nitrogens is 2. The lowest BCUT2D eigenvalue weighted by molar-refractivity contribution is -0.137. The average Bonchev–Trinajstić information content (AvgIpc) is 3.32. The number of aromatic amines is 1. The molecule has 204 valence electrons. The van der Waals surface area contributed by atoms with E-state index >= 15 is 4.39 Å². The molecule has 12 heteroatoms. The molecular formula is C27H25F2N3O6S. The van der Waals surface area contributed by atoms with Crippen molar-refractivity contribution in [3.63, 3.8) is 0 Å². The van der Waals surface area contributed by atoms with Crippen LogP contribution in [0.2, 0.25) is 0 Å². The molecule has 0 radical (unpaired) electrons. The zero-order valence-corrected chi connectivity index (χ0v) is 21.6. The van der Waals surface area contributed by atoms with Crippen molar-refractivity contribution in [1.82, 2.24) is 9.97 Å². The van der Waals surface area contributed by atoms with Gasteiger partial charge in [0.25, 0.3) is 0 Å². The topological polar surface area (TPSA) is 138 Å². The molecule has 0 aliphatic rings. The number of fused-ring (bicyclic) bond motifs is 1. The standard InChI is InChI=1S/C27H25F2N3O6S/c1-2-11-39(36,37)32-22-9-8-21(28)24(25(22)29)26(35)20-15-31-27-19(20)13-17(14-30-27)16-5-3-6-18(12-16)38-10-4-7-23(33)34/h3,5-6,8-9,12-15,32H,2,4,7,10-11H2,1H3,(H,30,31)(H,33,34). The molecule has 4 rings (SSSR count). The SMILES string of the molecule is CCCS(=O)(=O)Nc1ccc(F)c(C(=O)c2c[nH]c3ncc(-c4cccc(OCCCC(=O)O)c4)cc23)c1F. The normalized spacial score (nSPS) is 11.5. The van der Waals surface area contributed by atoms with E-state index in [1.54, 1.807) is 43.5 Å². The summed E-state index contributed by atoms with van der Waals surface area (Å²) in [5, 5.41) is 9.06. The first kappa shape index (κ1) is 27.7. The maximum absolute atomic E-state index is 15.2. The first-order valence-corrected chi connectivity index (χ1v) is 13.7. The Labute approximate surface area is 222 Å². The Morgan fingerprint density at radius 2 is 1.92 bits per heavy atom. The van der Waals surface area contributed by atoms with Crippen molar-refractivity contribution >= 4 is 38.5 Å². The van der Waals surface area contributed by atoms with Crippen molar-refractivity contribution in [3.8, 4) is 16.9 Å². The van der Waals surface area contributed by atoms with E-state index in [-0.39, 0.29) is 30.8 Å². The van der Waals surface area contributed by atoms with Gasteiger partial charge in [-0.3, -0.25) is 14.3 Å². The van der Waals surface area contributed by atoms with Gasteiger partial charge in [-0.05, 0) is 48.7 Å². The molecule has 0 atom stereocenters. The van der Waals surface area contributed by atoms with E-state index in [0.29, 0.717) is 34.3 Å². The number of nitrogens with one attached hydrogen (secondary N) is 2. The van der Waals surface area contributed by atoms with Gasteiger partial charge in [-0.25, -0.2) is 22.2 Å². The van der Waals surface area contributed by atoms with Gasteiger partial charge in [-0.2, -0.15) is 0 Å². The second-order valence-corrected chi connectivity index (χ2v) is 10.6. The zero-order chi connectivity index (χ0) is 28.2. The van der Waals surface area contributed by atoms with Crippen LogP contribution in [0.3, 0.4) is 0 Å². The lowest BCUT2D eigenvalue weighted by atomic mass is 10.00. The number of carbonyl (C=O) groups excluding carboxylic acids is 1. The van der Waals surface area contributed by atoms with Crippen LogP contribution in [0.25, 0.3) is 22.2 Å². The third-order valence-electron chi connectivity index (χ3n) is 5.80. The highest BCUT2D eigenvalue weighted by Crippen LogP contribution is 2.30. The first-order chi connectivity index (χ1) is 18.6. The maximum Gasteiger partial charge on any atom is 0.303 e. The number of aliphatic carboxylic acids is 1. The van der Waals surface area contributed by atoms with E-state index in [2.05, 4.69) is 14.7 Å². The predicted molar refractivity (Wildman–Crippen MR) is 141 cm³/mol. The summed E-state index contributed by atoms with van der Waals surface area (Å²) in [5.74, 6) is -4.10. The Morgan fingerprint density at radius 3 is 2.67 bits per heavy atom. The number of hydrogen-bond donors (Lipinski definition) is 3. The van der Waals surface area contributed by atoms with Crippen LogP contribution in [-0.2, 0) is 14.8 Å². The molecule has 0 bridgehead atoms. The second kappa shape index (κ2) is 11.6. The number of ether oxygens (including phenoxy) is 1. The summed E-state index contributed by atoms with van der Waals surface area (Å²) in [7, 11) is -3.88. The summed E-state index contributed by atoms with van der Waals surface area (Å²) < 4.78 is 61.9. The summed E-state index contributed by atoms with van der Waals surface area (Å²) in [5.41, 5.74) is 0.121. The van der Waals surface area contributed by atoms with Gasteiger partial charge in [0.1, 0.15) is 17.2 Å². The Morgan fingerprint density at radius 1 is 1.13 bits per heavy atom. The molecular weight excluding hydrogens is 532 g/mol. The van der Waals surface area contributed by atoms with Crippen molar-refractivity contribution in [3.05, 3.63) is 77.6 Å². The lowest BCUT2D eigenvalue weighted by Gasteiger charge is -2.11. The molecule has 9 nitrogen and oxygen atoms in total. The fourth-order valence-corrected chi connectivity index (χ4v) is 5.12. The smallest absolute Gasteiger partial charge is 0.303 e. The van der Waals surface area contributed by atoms with E-state index in [1.807, 2.05) is 0 Å². The highest BCUT2D eigenvalue weighted by Gasteiger charge is 2.26. The van der Waals surface area contributed by atoms with Crippen LogP contribution < -0.4 is 9.46 Å². The molecule has 0 amide bonds. The van der Waals surface area contributed by atoms with Crippen molar-refractivity contribution in [2.45, 2.75) is 26.2 Å². The minimum Gasteiger partial charge on any atom is -0.494 e. The van der Waals surface area contributed by atoms with Gasteiger partial charge in [-0.1, -0.05) is 19.1 Å². The van der Waals surface area contributed by atoms with E-state index in [4.69, 9.17) is 9.84 Å². The highest BCUT2D eigenvalue weighted by atomic mass is 32.2. The minimum atomic E-state index is -3.88. The molecule has 0 unspecified atom stereocenters. The van der Waals surface area contributed by atoms with Crippen LogP contribution in [0.4, 0.5) is 14.5 Å². The summed E-state index contributed by atoms with van der Waals surface area (Å²) in [4.78, 5) is 31.1. The lowest BCUT2D eigenvalue weighted by Crippen LogP contribution is -2.18. The van der Waals surface area contributed by atoms with Gasteiger partial charge < -0.3 is 14.8 Å². The number of carbonyl (C=O) groups is 2. The Balaban J connectivity index is 1.66. The summed E-state index contributed by atoms with van der Waals surface area (Å²) in [6.45, 7) is 1.86. The van der Waals surface area contributed by atoms with E-state index in [9.17, 15) is 22.4 Å². The third-order valence-corrected chi connectivity index (χ3v) is 7.28. The van der Waals surface area contributed by atoms with Gasteiger partial charge in [0.2, 0.25) is 15.8 Å². The molecule has 0 aliphatic carbocycles. The van der Waals surface area contributed by atoms with Crippen molar-refractivity contribution in [1.29, 1.82) is 0 Å². The van der Waals surface area contributed by atoms with Crippen LogP contribution in [0.15, 0.2) is 54.9 Å². The summed E-state index contributed by atoms with van der Waals surface area (Å²) >= 11 is 0. The number of halogens is 2. The molecule has 3 N–H and O–H groups in total. The number of rotatable bonds is 12. The number of anilines is 1. The number of nitrogens with zero attached hydrogens (tertiary/aromatic N) is 1. The number of sulfonamides is 1. The third kappa shape index (κ3) is 6.40. The molecule has 39 heavy (non-hydrogen) atoms. The van der Waals surface area contributed by atoms with Gasteiger partial charge in [0, 0.05) is 35.3 Å². The van der Waals surface area contributed by atoms with Crippen molar-refractivity contribution in [2.75, 3.05) is 17.1 Å². The Kier molecular flexibility index (Phi) is 8.24. The average molecular weight is 558 g/mol. The van der Waals surface area contributed by atoms with E-state index < -0.39 is 44.7 Å². The fraction of sp³-hybridized carbons (Fsp3) is 0.222. The van der Waals surface area contributed by atoms with Crippen LogP contribution in [0.5, 0.6) is 5.75 Å². The second-order valence-electron chi connectivity index (χ2n) is 8.73.